The van der Waals surface area contributed by atoms with Gasteiger partial charge >= 0.3 is 11.9 Å². The third kappa shape index (κ3) is 3.70. The molecule has 1 N–H and O–H groups in total. The van der Waals surface area contributed by atoms with Gasteiger partial charge in [-0.25, -0.2) is 14.7 Å². The largest absolute Gasteiger partial charge is 0.433 e. The maximum absolute atomic E-state index is 13.7. The van der Waals surface area contributed by atoms with Crippen LogP contribution in [0.25, 0.3) is 16.9 Å². The number of fused-ring (bicyclic) bond motifs is 1. The zero-order valence-electron chi connectivity index (χ0n) is 15.6. The molecule has 3 aromatic rings. The first kappa shape index (κ1) is 19.8. The summed E-state index contributed by atoms with van der Waals surface area (Å²) in [6.45, 7) is 1.09. The van der Waals surface area contributed by atoms with Gasteiger partial charge in [0.15, 0.2) is 17.0 Å². The minimum Gasteiger partial charge on any atom is -0.337 e. The maximum Gasteiger partial charge on any atom is 0.433 e. The summed E-state index contributed by atoms with van der Waals surface area (Å²) in [6.07, 6.45) is -2.03. The lowest BCUT2D eigenvalue weighted by molar-refractivity contribution is -0.729. The van der Waals surface area contributed by atoms with E-state index in [1.807, 2.05) is 0 Å². The first-order valence-electron chi connectivity index (χ1n) is 9.28. The molecule has 0 spiro atoms. The maximum atomic E-state index is 13.7. The lowest BCUT2D eigenvalue weighted by atomic mass is 10.1. The molecule has 1 fully saturated rings. The highest BCUT2D eigenvalue weighted by Crippen LogP contribution is 2.33. The monoisotopic (exact) mass is 420 g/mol. The van der Waals surface area contributed by atoms with E-state index in [0.29, 0.717) is 23.2 Å². The van der Waals surface area contributed by atoms with Crippen molar-refractivity contribution in [3.05, 3.63) is 52.7 Å². The molecule has 1 aromatic carbocycles. The number of halogens is 3. The van der Waals surface area contributed by atoms with Crippen molar-refractivity contribution in [2.75, 3.05) is 13.1 Å². The number of piperidine rings is 1. The summed E-state index contributed by atoms with van der Waals surface area (Å²) < 4.78 is 41.7. The molecule has 156 valence electrons. The summed E-state index contributed by atoms with van der Waals surface area (Å²) in [5.41, 5.74) is -1.06. The predicted molar refractivity (Wildman–Crippen MR) is 98.3 cm³/mol. The Balaban J connectivity index is 1.79. The van der Waals surface area contributed by atoms with Crippen LogP contribution in [0.5, 0.6) is 0 Å². The van der Waals surface area contributed by atoms with Gasteiger partial charge in [0.05, 0.1) is 10.6 Å². The Morgan fingerprint density at radius 2 is 1.73 bits per heavy atom. The Bertz CT molecular complexity index is 1120. The fraction of sp³-hybridized carbons (Fsp3) is 0.316. The van der Waals surface area contributed by atoms with Crippen LogP contribution in [0.4, 0.5) is 18.9 Å². The molecule has 0 saturated carbocycles. The SMILES string of the molecule is O=C(c1cc2nc(-c3ccc([N+](=O)O)cc3)cc(C(F)(F)F)n2n1)N1CCCCC1. The second kappa shape index (κ2) is 7.39. The fourth-order valence-corrected chi connectivity index (χ4v) is 3.45. The van der Waals surface area contributed by atoms with E-state index in [1.54, 1.807) is 4.90 Å². The molecule has 30 heavy (non-hydrogen) atoms. The van der Waals surface area contributed by atoms with Crippen molar-refractivity contribution in [2.45, 2.75) is 25.4 Å². The molecule has 11 heteroatoms. The Labute approximate surface area is 168 Å². The number of aromatic nitrogens is 3. The van der Waals surface area contributed by atoms with E-state index in [0.717, 1.165) is 25.3 Å². The molecule has 1 aliphatic rings. The Hall–Kier alpha value is -3.50. The minimum atomic E-state index is -4.73. The molecule has 0 aliphatic carbocycles. The Morgan fingerprint density at radius 3 is 2.33 bits per heavy atom. The summed E-state index contributed by atoms with van der Waals surface area (Å²) >= 11 is 0. The van der Waals surface area contributed by atoms with Gasteiger partial charge in [-0.05, 0) is 37.5 Å². The van der Waals surface area contributed by atoms with E-state index in [2.05, 4.69) is 10.1 Å². The second-order valence-electron chi connectivity index (χ2n) is 7.00. The molecule has 0 radical (unpaired) electrons. The normalized spacial score (nSPS) is 14.8. The number of carbonyl (C=O) groups excluding carboxylic acids is 1. The molecule has 0 atom stereocenters. The van der Waals surface area contributed by atoms with Gasteiger partial charge in [-0.2, -0.15) is 18.3 Å². The lowest BCUT2D eigenvalue weighted by Crippen LogP contribution is -2.35. The highest BCUT2D eigenvalue weighted by molar-refractivity contribution is 5.93. The van der Waals surface area contributed by atoms with E-state index >= 15 is 0 Å². The molecule has 1 saturated heterocycles. The second-order valence-corrected chi connectivity index (χ2v) is 7.00. The van der Waals surface area contributed by atoms with Crippen LogP contribution < -0.4 is 0 Å². The van der Waals surface area contributed by atoms with Crippen molar-refractivity contribution in [3.63, 3.8) is 0 Å². The van der Waals surface area contributed by atoms with Crippen LogP contribution >= 0.6 is 0 Å². The zero-order valence-corrected chi connectivity index (χ0v) is 15.6. The highest BCUT2D eigenvalue weighted by Gasteiger charge is 2.36. The van der Waals surface area contributed by atoms with Gasteiger partial charge in [0, 0.05) is 36.9 Å². The molecule has 0 bridgehead atoms. The Morgan fingerprint density at radius 1 is 1.07 bits per heavy atom. The highest BCUT2D eigenvalue weighted by atomic mass is 19.4. The van der Waals surface area contributed by atoms with Crippen LogP contribution in [0.15, 0.2) is 36.4 Å². The third-order valence-corrected chi connectivity index (χ3v) is 4.96. The number of rotatable bonds is 3. The summed E-state index contributed by atoms with van der Waals surface area (Å²) in [7, 11) is 0. The minimum absolute atomic E-state index is 0.00589. The number of carbonyl (C=O) groups is 1. The van der Waals surface area contributed by atoms with Crippen molar-refractivity contribution in [3.8, 4) is 11.3 Å². The number of alkyl halides is 3. The molecule has 8 nitrogen and oxygen atoms in total. The van der Waals surface area contributed by atoms with E-state index in [9.17, 15) is 22.9 Å². The van der Waals surface area contributed by atoms with Gasteiger partial charge in [0.1, 0.15) is 0 Å². The third-order valence-electron chi connectivity index (χ3n) is 4.96. The molecule has 4 rings (SSSR count). The molecule has 2 aromatic heterocycles. The van der Waals surface area contributed by atoms with Gasteiger partial charge < -0.3 is 4.90 Å². The number of nitrogens with zero attached hydrogens (tertiary/aromatic N) is 5. The van der Waals surface area contributed by atoms with E-state index in [-0.39, 0.29) is 27.6 Å². The average Bonchev–Trinajstić information content (AvgIpc) is 3.16. The first-order chi connectivity index (χ1) is 14.2. The quantitative estimate of drug-likeness (QED) is 0.650. The summed E-state index contributed by atoms with van der Waals surface area (Å²) in [5, 5.41) is 12.8. The number of hydrogen-bond acceptors (Lipinski definition) is 4. The van der Waals surface area contributed by atoms with Crippen molar-refractivity contribution < 1.29 is 28.1 Å². The molecule has 1 aliphatic heterocycles. The first-order valence-corrected chi connectivity index (χ1v) is 9.28. The van der Waals surface area contributed by atoms with Crippen LogP contribution in [0.2, 0.25) is 0 Å². The van der Waals surface area contributed by atoms with Crippen LogP contribution in [0.3, 0.4) is 0 Å². The van der Waals surface area contributed by atoms with Crippen molar-refractivity contribution in [2.24, 2.45) is 0 Å². The number of likely N-dealkylation sites (tertiary alicyclic amines) is 1. The van der Waals surface area contributed by atoms with E-state index in [4.69, 9.17) is 5.21 Å². The number of amides is 1. The molecule has 0 unspecified atom stereocenters. The summed E-state index contributed by atoms with van der Waals surface area (Å²) in [4.78, 5) is 29.0. The van der Waals surface area contributed by atoms with Gasteiger partial charge in [0.25, 0.3) is 10.8 Å². The van der Waals surface area contributed by atoms with Crippen LogP contribution in [-0.2, 0) is 6.18 Å². The Kier molecular flexibility index (Phi) is 4.88. The molecular formula is C19H17F3N5O3+. The van der Waals surface area contributed by atoms with Gasteiger partial charge in [-0.15, -0.1) is 0 Å². The standard InChI is InChI=1S/C19H17F3N5O3/c20-19(21,22)16-10-14(12-4-6-13(7-5-12)27(29)30)23-17-11-15(24-26(16)17)18(28)25-8-2-1-3-9-25/h4-7,10-11H,1-3,8-9H2,(H,29,30)/q+1. The predicted octanol–water partition coefficient (Wildman–Crippen LogP) is 3.84. The summed E-state index contributed by atoms with van der Waals surface area (Å²) in [5.74, 6) is -0.419. The van der Waals surface area contributed by atoms with Crippen LogP contribution in [-0.4, -0.2) is 48.6 Å². The number of benzene rings is 1. The molecule has 3 heterocycles. The smallest absolute Gasteiger partial charge is 0.337 e. The van der Waals surface area contributed by atoms with Gasteiger partial charge in [-0.1, -0.05) is 0 Å². The van der Waals surface area contributed by atoms with Crippen LogP contribution in [0, 0.1) is 4.91 Å². The van der Waals surface area contributed by atoms with E-state index in [1.165, 1.54) is 30.3 Å². The zero-order chi connectivity index (χ0) is 21.5. The van der Waals surface area contributed by atoms with Crippen molar-refractivity contribution >= 4 is 17.2 Å². The fourth-order valence-electron chi connectivity index (χ4n) is 3.45. The van der Waals surface area contributed by atoms with Crippen LogP contribution in [0.1, 0.15) is 35.4 Å². The van der Waals surface area contributed by atoms with Crippen molar-refractivity contribution in [1.82, 2.24) is 19.5 Å². The average molecular weight is 420 g/mol. The number of hydrogen-bond donors (Lipinski definition) is 1. The van der Waals surface area contributed by atoms with Crippen molar-refractivity contribution in [1.29, 1.82) is 0 Å². The summed E-state index contributed by atoms with van der Waals surface area (Å²) in [6, 6.07) is 7.32. The van der Waals surface area contributed by atoms with E-state index < -0.39 is 17.8 Å². The molecular weight excluding hydrogens is 403 g/mol. The van der Waals surface area contributed by atoms with Gasteiger partial charge in [-0.3, -0.25) is 4.79 Å². The molecule has 1 amide bonds. The van der Waals surface area contributed by atoms with Gasteiger partial charge in [0.2, 0.25) is 0 Å². The topological polar surface area (TPSA) is 90.8 Å². The lowest BCUT2D eigenvalue weighted by Gasteiger charge is -2.25.